The lowest BCUT2D eigenvalue weighted by atomic mass is 10.1. The van der Waals surface area contributed by atoms with Crippen LogP contribution in [0.2, 0.25) is 5.02 Å². The predicted octanol–water partition coefficient (Wildman–Crippen LogP) is 4.09. The molecule has 0 aliphatic rings. The van der Waals surface area contributed by atoms with E-state index in [1.165, 1.54) is 13.2 Å². The smallest absolute Gasteiger partial charge is 0.165 e. The normalized spacial score (nSPS) is 12.0. The lowest BCUT2D eigenvalue weighted by Gasteiger charge is -2.14. The summed E-state index contributed by atoms with van der Waals surface area (Å²) in [6, 6.07) is 9.78. The molecule has 0 fully saturated rings. The van der Waals surface area contributed by atoms with Gasteiger partial charge in [0.15, 0.2) is 11.6 Å². The molecule has 0 radical (unpaired) electrons. The minimum atomic E-state index is -0.415. The Bertz CT molecular complexity index is 632. The minimum absolute atomic E-state index is 0.202. The van der Waals surface area contributed by atoms with E-state index >= 15 is 0 Å². The monoisotopic (exact) mass is 309 g/mol. The van der Waals surface area contributed by atoms with Crippen molar-refractivity contribution in [2.75, 3.05) is 7.11 Å². The molecule has 0 aliphatic heterocycles. The Kier molecular flexibility index (Phi) is 5.04. The fourth-order valence-corrected chi connectivity index (χ4v) is 2.15. The van der Waals surface area contributed by atoms with Crippen molar-refractivity contribution < 1.29 is 13.9 Å². The Morgan fingerprint density at radius 3 is 2.52 bits per heavy atom. The maximum Gasteiger partial charge on any atom is 0.165 e. The van der Waals surface area contributed by atoms with Gasteiger partial charge in [-0.1, -0.05) is 17.7 Å². The largest absolute Gasteiger partial charge is 0.494 e. The molecule has 0 aromatic heterocycles. The van der Waals surface area contributed by atoms with Crippen LogP contribution in [0.25, 0.3) is 0 Å². The zero-order chi connectivity index (χ0) is 15.4. The van der Waals surface area contributed by atoms with Gasteiger partial charge < -0.3 is 15.2 Å². The van der Waals surface area contributed by atoms with Gasteiger partial charge in [0.25, 0.3) is 0 Å². The number of hydrogen-bond acceptors (Lipinski definition) is 3. The van der Waals surface area contributed by atoms with Gasteiger partial charge in [0.1, 0.15) is 12.4 Å². The molecule has 2 rings (SSSR count). The average Bonchev–Trinajstić information content (AvgIpc) is 2.46. The van der Waals surface area contributed by atoms with Crippen LogP contribution in [0.4, 0.5) is 4.39 Å². The first-order valence-electron chi connectivity index (χ1n) is 6.51. The first kappa shape index (κ1) is 15.6. The molecule has 21 heavy (non-hydrogen) atoms. The van der Waals surface area contributed by atoms with Gasteiger partial charge in [-0.05, 0) is 42.8 Å². The molecule has 1 atom stereocenters. The molecular weight excluding hydrogens is 293 g/mol. The molecule has 2 N–H and O–H groups in total. The Hall–Kier alpha value is -1.78. The zero-order valence-electron chi connectivity index (χ0n) is 11.9. The number of methoxy groups -OCH3 is 1. The molecule has 2 aromatic carbocycles. The summed E-state index contributed by atoms with van der Waals surface area (Å²) >= 11 is 5.96. The number of halogens is 2. The first-order chi connectivity index (χ1) is 10.0. The molecular formula is C16H17ClFNO2. The van der Waals surface area contributed by atoms with Crippen LogP contribution < -0.4 is 15.2 Å². The van der Waals surface area contributed by atoms with Crippen molar-refractivity contribution in [3.8, 4) is 11.5 Å². The van der Waals surface area contributed by atoms with Crippen LogP contribution in [0.3, 0.4) is 0 Å². The fraction of sp³-hybridized carbons (Fsp3) is 0.250. The molecule has 3 nitrogen and oxygen atoms in total. The number of nitrogens with two attached hydrogens (primary N) is 1. The number of hydrogen-bond donors (Lipinski definition) is 1. The van der Waals surface area contributed by atoms with Crippen molar-refractivity contribution in [3.05, 3.63) is 58.4 Å². The highest BCUT2D eigenvalue weighted by molar-refractivity contribution is 6.30. The Morgan fingerprint density at radius 1 is 1.19 bits per heavy atom. The summed E-state index contributed by atoms with van der Waals surface area (Å²) in [6.45, 7) is 2.09. The van der Waals surface area contributed by atoms with E-state index in [1.807, 2.05) is 6.92 Å². The Labute approximate surface area is 128 Å². The molecule has 112 valence electrons. The third-order valence-corrected chi connectivity index (χ3v) is 3.31. The number of benzene rings is 2. The van der Waals surface area contributed by atoms with E-state index in [2.05, 4.69) is 0 Å². The van der Waals surface area contributed by atoms with Gasteiger partial charge in [-0.3, -0.25) is 0 Å². The molecule has 0 bridgehead atoms. The van der Waals surface area contributed by atoms with E-state index in [1.54, 1.807) is 30.3 Å². The average molecular weight is 310 g/mol. The highest BCUT2D eigenvalue weighted by atomic mass is 35.5. The molecule has 0 amide bonds. The lowest BCUT2D eigenvalue weighted by Crippen LogP contribution is -2.08. The summed E-state index contributed by atoms with van der Waals surface area (Å²) < 4.78 is 24.2. The maximum absolute atomic E-state index is 13.6. The molecule has 5 heteroatoms. The maximum atomic E-state index is 13.6. The van der Waals surface area contributed by atoms with Crippen LogP contribution in [0.1, 0.15) is 24.1 Å². The van der Waals surface area contributed by atoms with Gasteiger partial charge in [0.05, 0.1) is 7.11 Å². The molecule has 2 aromatic rings. The number of ether oxygens (including phenoxy) is 2. The Balaban J connectivity index is 2.15. The second kappa shape index (κ2) is 6.78. The predicted molar refractivity (Wildman–Crippen MR) is 81.3 cm³/mol. The van der Waals surface area contributed by atoms with Crippen molar-refractivity contribution in [2.24, 2.45) is 5.73 Å². The van der Waals surface area contributed by atoms with E-state index in [0.29, 0.717) is 16.3 Å². The first-order valence-corrected chi connectivity index (χ1v) is 6.89. The van der Waals surface area contributed by atoms with Crippen molar-refractivity contribution in [3.63, 3.8) is 0 Å². The van der Waals surface area contributed by atoms with Gasteiger partial charge >= 0.3 is 0 Å². The molecule has 0 saturated carbocycles. The topological polar surface area (TPSA) is 44.5 Å². The summed E-state index contributed by atoms with van der Waals surface area (Å²) in [6.07, 6.45) is 0. The second-order valence-electron chi connectivity index (χ2n) is 4.73. The van der Waals surface area contributed by atoms with Gasteiger partial charge in [0.2, 0.25) is 0 Å². The van der Waals surface area contributed by atoms with Gasteiger partial charge in [-0.25, -0.2) is 4.39 Å². The van der Waals surface area contributed by atoms with Crippen LogP contribution in [-0.4, -0.2) is 7.11 Å². The van der Waals surface area contributed by atoms with Crippen LogP contribution in [0, 0.1) is 5.82 Å². The van der Waals surface area contributed by atoms with Crippen molar-refractivity contribution in [1.82, 2.24) is 0 Å². The van der Waals surface area contributed by atoms with Crippen LogP contribution in [0.5, 0.6) is 11.5 Å². The minimum Gasteiger partial charge on any atom is -0.494 e. The summed E-state index contributed by atoms with van der Waals surface area (Å²) in [4.78, 5) is 0. The van der Waals surface area contributed by atoms with Crippen molar-refractivity contribution in [1.29, 1.82) is 0 Å². The fourth-order valence-electron chi connectivity index (χ4n) is 1.97. The van der Waals surface area contributed by atoms with E-state index in [0.717, 1.165) is 5.56 Å². The third-order valence-electron chi connectivity index (χ3n) is 3.07. The third kappa shape index (κ3) is 3.86. The van der Waals surface area contributed by atoms with Crippen molar-refractivity contribution in [2.45, 2.75) is 19.6 Å². The van der Waals surface area contributed by atoms with E-state index in [-0.39, 0.29) is 18.4 Å². The summed E-state index contributed by atoms with van der Waals surface area (Å²) in [5.74, 6) is 0.439. The van der Waals surface area contributed by atoms with Gasteiger partial charge in [-0.2, -0.15) is 0 Å². The van der Waals surface area contributed by atoms with Crippen LogP contribution in [-0.2, 0) is 6.61 Å². The molecule has 0 saturated heterocycles. The zero-order valence-corrected chi connectivity index (χ0v) is 12.7. The van der Waals surface area contributed by atoms with E-state index < -0.39 is 5.82 Å². The SMILES string of the molecule is COc1ccc(COc2ccc(Cl)cc2[C@H](C)N)cc1F. The highest BCUT2D eigenvalue weighted by Gasteiger charge is 2.10. The van der Waals surface area contributed by atoms with E-state index in [4.69, 9.17) is 26.8 Å². The highest BCUT2D eigenvalue weighted by Crippen LogP contribution is 2.28. The summed E-state index contributed by atoms with van der Waals surface area (Å²) in [7, 11) is 1.43. The molecule has 0 spiro atoms. The molecule has 0 unspecified atom stereocenters. The standard InChI is InChI=1S/C16H17ClFNO2/c1-10(19)13-8-12(17)4-6-15(13)21-9-11-3-5-16(20-2)14(18)7-11/h3-8,10H,9,19H2,1-2H3/t10-/m0/s1. The van der Waals surface area contributed by atoms with E-state index in [9.17, 15) is 4.39 Å². The summed E-state index contributed by atoms with van der Waals surface area (Å²) in [5, 5.41) is 0.602. The Morgan fingerprint density at radius 2 is 1.90 bits per heavy atom. The quantitative estimate of drug-likeness (QED) is 0.905. The molecule has 0 heterocycles. The lowest BCUT2D eigenvalue weighted by molar-refractivity contribution is 0.300. The second-order valence-corrected chi connectivity index (χ2v) is 5.16. The van der Waals surface area contributed by atoms with Gasteiger partial charge in [-0.15, -0.1) is 0 Å². The van der Waals surface area contributed by atoms with Crippen molar-refractivity contribution >= 4 is 11.6 Å². The van der Waals surface area contributed by atoms with Crippen LogP contribution >= 0.6 is 11.6 Å². The summed E-state index contributed by atoms with van der Waals surface area (Å²) in [5.41, 5.74) is 7.42. The van der Waals surface area contributed by atoms with Gasteiger partial charge in [0, 0.05) is 16.6 Å². The molecule has 0 aliphatic carbocycles. The number of rotatable bonds is 5. The van der Waals surface area contributed by atoms with Crippen LogP contribution in [0.15, 0.2) is 36.4 Å².